The molecule has 0 aromatic carbocycles. The van der Waals surface area contributed by atoms with Gasteiger partial charge in [0, 0.05) is 6.20 Å². The molecule has 0 bridgehead atoms. The Morgan fingerprint density at radius 3 is 3.07 bits per heavy atom. The van der Waals surface area contributed by atoms with E-state index in [-0.39, 0.29) is 0 Å². The molecule has 0 radical (unpaired) electrons. The first-order valence-corrected chi connectivity index (χ1v) is 6.25. The number of halogens is 1. The highest BCUT2D eigenvalue weighted by atomic mass is 35.5. The standard InChI is InChI=1S/C10H15ClN2S/c1-2-14-5-3-4-8-6-9(11)7-13-10(8)12/h6-7H,2-5H2,1H3,(H2,12,13). The van der Waals surface area contributed by atoms with E-state index in [4.69, 9.17) is 17.3 Å². The average Bonchev–Trinajstić information content (AvgIpc) is 2.18. The summed E-state index contributed by atoms with van der Waals surface area (Å²) in [7, 11) is 0. The molecule has 2 nitrogen and oxygen atoms in total. The first-order chi connectivity index (χ1) is 6.74. The van der Waals surface area contributed by atoms with E-state index in [1.165, 1.54) is 11.5 Å². The van der Waals surface area contributed by atoms with Crippen LogP contribution in [0.2, 0.25) is 5.02 Å². The highest BCUT2D eigenvalue weighted by Crippen LogP contribution is 2.17. The van der Waals surface area contributed by atoms with E-state index in [1.54, 1.807) is 6.20 Å². The summed E-state index contributed by atoms with van der Waals surface area (Å²) in [5.74, 6) is 2.95. The number of hydrogen-bond donors (Lipinski definition) is 1. The zero-order chi connectivity index (χ0) is 10.4. The van der Waals surface area contributed by atoms with Crippen molar-refractivity contribution in [2.75, 3.05) is 17.2 Å². The SMILES string of the molecule is CCSCCCc1cc(Cl)cnc1N. The summed E-state index contributed by atoms with van der Waals surface area (Å²) in [6, 6.07) is 1.90. The Bertz CT molecular complexity index is 291. The number of nitrogens with two attached hydrogens (primary N) is 1. The molecular weight excluding hydrogens is 216 g/mol. The van der Waals surface area contributed by atoms with E-state index in [2.05, 4.69) is 11.9 Å². The van der Waals surface area contributed by atoms with Crippen LogP contribution >= 0.6 is 23.4 Å². The molecule has 2 N–H and O–H groups in total. The lowest BCUT2D eigenvalue weighted by atomic mass is 10.1. The van der Waals surface area contributed by atoms with Crippen molar-refractivity contribution in [3.63, 3.8) is 0 Å². The van der Waals surface area contributed by atoms with Crippen molar-refractivity contribution in [1.82, 2.24) is 4.98 Å². The monoisotopic (exact) mass is 230 g/mol. The smallest absolute Gasteiger partial charge is 0.126 e. The molecule has 0 aliphatic carbocycles. The highest BCUT2D eigenvalue weighted by Gasteiger charge is 2.01. The molecule has 1 aromatic heterocycles. The Hall–Kier alpha value is -0.410. The van der Waals surface area contributed by atoms with Crippen LogP contribution in [0.4, 0.5) is 5.82 Å². The average molecular weight is 231 g/mol. The summed E-state index contributed by atoms with van der Waals surface area (Å²) >= 11 is 7.78. The molecule has 0 aliphatic rings. The van der Waals surface area contributed by atoms with Crippen LogP contribution in [0, 0.1) is 0 Å². The largest absolute Gasteiger partial charge is 0.383 e. The molecule has 1 heterocycles. The van der Waals surface area contributed by atoms with Gasteiger partial charge in [0.25, 0.3) is 0 Å². The summed E-state index contributed by atoms with van der Waals surface area (Å²) < 4.78 is 0. The van der Waals surface area contributed by atoms with E-state index in [9.17, 15) is 0 Å². The van der Waals surface area contributed by atoms with Crippen LogP contribution in [0.5, 0.6) is 0 Å². The minimum Gasteiger partial charge on any atom is -0.383 e. The Labute approximate surface area is 94.2 Å². The summed E-state index contributed by atoms with van der Waals surface area (Å²) in [6.45, 7) is 2.17. The topological polar surface area (TPSA) is 38.9 Å². The lowest BCUT2D eigenvalue weighted by Crippen LogP contribution is -1.98. The molecule has 1 aromatic rings. The zero-order valence-electron chi connectivity index (χ0n) is 8.29. The van der Waals surface area contributed by atoms with Crippen LogP contribution in [-0.2, 0) is 6.42 Å². The number of nitrogens with zero attached hydrogens (tertiary/aromatic N) is 1. The van der Waals surface area contributed by atoms with Gasteiger partial charge in [-0.3, -0.25) is 0 Å². The molecular formula is C10H15ClN2S. The second-order valence-electron chi connectivity index (χ2n) is 3.00. The fourth-order valence-corrected chi connectivity index (χ4v) is 2.02. The first kappa shape index (κ1) is 11.7. The van der Waals surface area contributed by atoms with Gasteiger partial charge < -0.3 is 5.73 Å². The van der Waals surface area contributed by atoms with Gasteiger partial charge in [-0.1, -0.05) is 18.5 Å². The Morgan fingerprint density at radius 1 is 1.57 bits per heavy atom. The maximum atomic E-state index is 5.83. The number of nitrogen functional groups attached to an aromatic ring is 1. The van der Waals surface area contributed by atoms with Crippen molar-refractivity contribution < 1.29 is 0 Å². The maximum Gasteiger partial charge on any atom is 0.126 e. The van der Waals surface area contributed by atoms with E-state index >= 15 is 0 Å². The second-order valence-corrected chi connectivity index (χ2v) is 4.83. The normalized spacial score (nSPS) is 10.4. The number of aromatic nitrogens is 1. The number of anilines is 1. The van der Waals surface area contributed by atoms with E-state index < -0.39 is 0 Å². The molecule has 0 atom stereocenters. The van der Waals surface area contributed by atoms with Gasteiger partial charge in [0.05, 0.1) is 5.02 Å². The number of rotatable bonds is 5. The summed E-state index contributed by atoms with van der Waals surface area (Å²) in [4.78, 5) is 4.02. The third-order valence-electron chi connectivity index (χ3n) is 1.91. The van der Waals surface area contributed by atoms with Crippen LogP contribution in [0.3, 0.4) is 0 Å². The molecule has 0 saturated heterocycles. The predicted molar refractivity (Wildman–Crippen MR) is 65.0 cm³/mol. The molecule has 1 rings (SSSR count). The number of aryl methyl sites for hydroxylation is 1. The van der Waals surface area contributed by atoms with Crippen LogP contribution in [0.25, 0.3) is 0 Å². The van der Waals surface area contributed by atoms with Crippen molar-refractivity contribution in [1.29, 1.82) is 0 Å². The van der Waals surface area contributed by atoms with Crippen molar-refractivity contribution in [2.45, 2.75) is 19.8 Å². The van der Waals surface area contributed by atoms with Crippen molar-refractivity contribution in [3.05, 3.63) is 22.8 Å². The van der Waals surface area contributed by atoms with Gasteiger partial charge in [-0.25, -0.2) is 4.98 Å². The van der Waals surface area contributed by atoms with E-state index in [0.29, 0.717) is 10.8 Å². The number of hydrogen-bond acceptors (Lipinski definition) is 3. The lowest BCUT2D eigenvalue weighted by Gasteiger charge is -2.04. The Balaban J connectivity index is 2.45. The highest BCUT2D eigenvalue weighted by molar-refractivity contribution is 7.99. The summed E-state index contributed by atoms with van der Waals surface area (Å²) in [5.41, 5.74) is 6.79. The van der Waals surface area contributed by atoms with Crippen molar-refractivity contribution in [2.24, 2.45) is 0 Å². The third kappa shape index (κ3) is 3.76. The van der Waals surface area contributed by atoms with Gasteiger partial charge >= 0.3 is 0 Å². The molecule has 0 fully saturated rings. The van der Waals surface area contributed by atoms with Crippen LogP contribution in [-0.4, -0.2) is 16.5 Å². The van der Waals surface area contributed by atoms with Crippen molar-refractivity contribution in [3.8, 4) is 0 Å². The lowest BCUT2D eigenvalue weighted by molar-refractivity contribution is 0.928. The van der Waals surface area contributed by atoms with Gasteiger partial charge in [0.15, 0.2) is 0 Å². The molecule has 0 saturated carbocycles. The van der Waals surface area contributed by atoms with Crippen LogP contribution < -0.4 is 5.73 Å². The Morgan fingerprint density at radius 2 is 2.36 bits per heavy atom. The molecule has 14 heavy (non-hydrogen) atoms. The van der Waals surface area contributed by atoms with Gasteiger partial charge in [-0.05, 0) is 36.0 Å². The van der Waals surface area contributed by atoms with Gasteiger partial charge in [-0.2, -0.15) is 11.8 Å². The van der Waals surface area contributed by atoms with E-state index in [1.807, 2.05) is 17.8 Å². The molecule has 0 aliphatic heterocycles. The molecule has 78 valence electrons. The summed E-state index contributed by atoms with van der Waals surface area (Å²) in [6.07, 6.45) is 3.68. The van der Waals surface area contributed by atoms with E-state index in [0.717, 1.165) is 18.4 Å². The van der Waals surface area contributed by atoms with Gasteiger partial charge in [-0.15, -0.1) is 0 Å². The fraction of sp³-hybridized carbons (Fsp3) is 0.500. The quantitative estimate of drug-likeness (QED) is 0.791. The fourth-order valence-electron chi connectivity index (χ4n) is 1.20. The molecule has 0 spiro atoms. The summed E-state index contributed by atoms with van der Waals surface area (Å²) in [5, 5.41) is 0.664. The molecule has 4 heteroatoms. The first-order valence-electron chi connectivity index (χ1n) is 4.71. The van der Waals surface area contributed by atoms with Crippen LogP contribution in [0.15, 0.2) is 12.3 Å². The number of pyridine rings is 1. The molecule has 0 unspecified atom stereocenters. The maximum absolute atomic E-state index is 5.83. The van der Waals surface area contributed by atoms with Crippen molar-refractivity contribution >= 4 is 29.2 Å². The minimum atomic E-state index is 0.607. The number of thioether (sulfide) groups is 1. The van der Waals surface area contributed by atoms with Gasteiger partial charge in [0.1, 0.15) is 5.82 Å². The second kappa shape index (κ2) is 6.14. The minimum absolute atomic E-state index is 0.607. The zero-order valence-corrected chi connectivity index (χ0v) is 9.87. The predicted octanol–water partition coefficient (Wildman–Crippen LogP) is 3.00. The third-order valence-corrected chi connectivity index (χ3v) is 3.10. The molecule has 0 amide bonds. The van der Waals surface area contributed by atoms with Gasteiger partial charge in [0.2, 0.25) is 0 Å². The van der Waals surface area contributed by atoms with Crippen LogP contribution in [0.1, 0.15) is 18.9 Å². The Kier molecular flexibility index (Phi) is 5.12.